The summed E-state index contributed by atoms with van der Waals surface area (Å²) in [5.74, 6) is 0.724. The summed E-state index contributed by atoms with van der Waals surface area (Å²) < 4.78 is 0. The summed E-state index contributed by atoms with van der Waals surface area (Å²) in [4.78, 5) is 14.8. The minimum absolute atomic E-state index is 0.00828. The van der Waals surface area contributed by atoms with Crippen LogP contribution in [0.5, 0.6) is 5.75 Å². The van der Waals surface area contributed by atoms with Gasteiger partial charge in [0.15, 0.2) is 0 Å². The second kappa shape index (κ2) is 8.81. The monoisotopic (exact) mass is 412 g/mol. The molecule has 1 aliphatic heterocycles. The van der Waals surface area contributed by atoms with Crippen molar-refractivity contribution in [2.24, 2.45) is 11.8 Å². The number of phenolic OH excluding ortho intramolecular Hbond substituents is 1. The molecule has 158 valence electrons. The number of hydrogen-bond donors (Lipinski definition) is 1. The van der Waals surface area contributed by atoms with Gasteiger partial charge in [-0.15, -0.1) is 0 Å². The van der Waals surface area contributed by atoms with Crippen molar-refractivity contribution in [3.05, 3.63) is 88.0 Å². The van der Waals surface area contributed by atoms with Crippen LogP contribution in [0.1, 0.15) is 46.8 Å². The largest absolute Gasteiger partial charge is 0.508 e. The van der Waals surface area contributed by atoms with E-state index in [4.69, 9.17) is 0 Å². The van der Waals surface area contributed by atoms with E-state index in [0.717, 1.165) is 19.3 Å². The van der Waals surface area contributed by atoms with Gasteiger partial charge in [-0.3, -0.25) is 4.79 Å². The molecule has 1 heterocycles. The molecule has 4 rings (SSSR count). The van der Waals surface area contributed by atoms with E-state index in [1.54, 1.807) is 0 Å². The van der Waals surface area contributed by atoms with Crippen molar-refractivity contribution in [1.29, 1.82) is 5.26 Å². The molecule has 4 heteroatoms. The van der Waals surface area contributed by atoms with Crippen LogP contribution in [-0.4, -0.2) is 29.0 Å². The predicted molar refractivity (Wildman–Crippen MR) is 122 cm³/mol. The Balaban J connectivity index is 1.44. The van der Waals surface area contributed by atoms with Gasteiger partial charge in [-0.25, -0.2) is 0 Å². The number of carbonyl (C=O) groups excluding carboxylic acids is 1. The summed E-state index contributed by atoms with van der Waals surface area (Å²) in [6.45, 7) is 5.67. The highest BCUT2D eigenvalue weighted by atomic mass is 16.3. The van der Waals surface area contributed by atoms with E-state index in [-0.39, 0.29) is 17.2 Å². The van der Waals surface area contributed by atoms with Gasteiger partial charge in [-0.2, -0.15) is 5.26 Å². The van der Waals surface area contributed by atoms with Crippen molar-refractivity contribution in [1.82, 2.24) is 4.90 Å². The Labute approximate surface area is 184 Å². The number of amides is 1. The number of phenols is 1. The number of benzene rings is 2. The topological polar surface area (TPSA) is 64.3 Å². The van der Waals surface area contributed by atoms with Gasteiger partial charge in [0.05, 0.1) is 17.2 Å². The van der Waals surface area contributed by atoms with E-state index in [0.29, 0.717) is 30.5 Å². The summed E-state index contributed by atoms with van der Waals surface area (Å²) in [5.41, 5.74) is 6.13. The first-order valence-corrected chi connectivity index (χ1v) is 10.9. The van der Waals surface area contributed by atoms with Gasteiger partial charge in [0.1, 0.15) is 5.75 Å². The molecule has 0 bridgehead atoms. The molecule has 1 atom stereocenters. The van der Waals surface area contributed by atoms with Gasteiger partial charge >= 0.3 is 0 Å². The Hall–Kier alpha value is -3.32. The highest BCUT2D eigenvalue weighted by Crippen LogP contribution is 2.38. The molecule has 2 aromatic rings. The van der Waals surface area contributed by atoms with Crippen LogP contribution in [0.3, 0.4) is 0 Å². The summed E-state index contributed by atoms with van der Waals surface area (Å²) in [7, 11) is 0. The Morgan fingerprint density at radius 2 is 1.90 bits per heavy atom. The zero-order valence-corrected chi connectivity index (χ0v) is 18.1. The van der Waals surface area contributed by atoms with Crippen molar-refractivity contribution in [2.45, 2.75) is 33.1 Å². The Morgan fingerprint density at radius 3 is 2.61 bits per heavy atom. The smallest absolute Gasteiger partial charge is 0.255 e. The standard InChI is InChI=1S/C27H28N2O2/c1-18-13-23(15-21-6-4-3-5-19(21)2)25(14-18)20-9-11-29(12-10-20)27(31)26-16-24(30)8-7-22(26)17-28/h3-8,13-14,16,20,23,30H,9-12,15H2,1-2H3/t23-/m0/s1. The molecule has 1 amide bonds. The maximum Gasteiger partial charge on any atom is 0.255 e. The lowest BCUT2D eigenvalue weighted by molar-refractivity contribution is 0.0699. The number of hydrogen-bond acceptors (Lipinski definition) is 3. The molecule has 2 aliphatic rings. The SMILES string of the molecule is CC1=C[C@@H](Cc2ccccc2C)C(C2CCN(C(=O)c3cc(O)ccc3C#N)CC2)=C1. The lowest BCUT2D eigenvalue weighted by Gasteiger charge is -2.34. The highest BCUT2D eigenvalue weighted by molar-refractivity contribution is 5.97. The van der Waals surface area contributed by atoms with Crippen molar-refractivity contribution in [3.8, 4) is 11.8 Å². The minimum Gasteiger partial charge on any atom is -0.508 e. The molecule has 1 aliphatic carbocycles. The number of aromatic hydroxyl groups is 1. The molecule has 2 aromatic carbocycles. The van der Waals surface area contributed by atoms with Crippen LogP contribution in [0.2, 0.25) is 0 Å². The Morgan fingerprint density at radius 1 is 1.16 bits per heavy atom. The molecule has 1 saturated heterocycles. The molecular formula is C27H28N2O2. The van der Waals surface area contributed by atoms with E-state index in [1.165, 1.54) is 40.5 Å². The number of carbonyl (C=O) groups is 1. The number of aryl methyl sites for hydroxylation is 1. The maximum atomic E-state index is 13.0. The average Bonchev–Trinajstić information content (AvgIpc) is 3.15. The number of nitriles is 1. The van der Waals surface area contributed by atoms with Crippen LogP contribution in [-0.2, 0) is 6.42 Å². The molecule has 0 saturated carbocycles. The summed E-state index contributed by atoms with van der Waals surface area (Å²) in [5, 5.41) is 19.1. The number of allylic oxidation sites excluding steroid dienone is 4. The Kier molecular flexibility index (Phi) is 5.95. The lowest BCUT2D eigenvalue weighted by atomic mass is 9.80. The van der Waals surface area contributed by atoms with Crippen molar-refractivity contribution < 1.29 is 9.90 Å². The van der Waals surface area contributed by atoms with Gasteiger partial charge in [0, 0.05) is 19.0 Å². The van der Waals surface area contributed by atoms with E-state index < -0.39 is 0 Å². The van der Waals surface area contributed by atoms with Crippen LogP contribution in [0.15, 0.2) is 65.8 Å². The first-order valence-electron chi connectivity index (χ1n) is 10.9. The molecule has 0 spiro atoms. The van der Waals surface area contributed by atoms with E-state index in [9.17, 15) is 15.2 Å². The number of rotatable bonds is 4. The zero-order valence-electron chi connectivity index (χ0n) is 18.1. The summed E-state index contributed by atoms with van der Waals surface area (Å²) >= 11 is 0. The van der Waals surface area contributed by atoms with Crippen LogP contribution in [0.25, 0.3) is 0 Å². The first-order chi connectivity index (χ1) is 15.0. The van der Waals surface area contributed by atoms with Crippen molar-refractivity contribution in [2.75, 3.05) is 13.1 Å². The molecular weight excluding hydrogens is 384 g/mol. The van der Waals surface area contributed by atoms with E-state index >= 15 is 0 Å². The second-order valence-corrected chi connectivity index (χ2v) is 8.70. The zero-order chi connectivity index (χ0) is 22.0. The lowest BCUT2D eigenvalue weighted by Crippen LogP contribution is -2.39. The average molecular weight is 413 g/mol. The maximum absolute atomic E-state index is 13.0. The Bertz CT molecular complexity index is 1100. The highest BCUT2D eigenvalue weighted by Gasteiger charge is 2.31. The quantitative estimate of drug-likeness (QED) is 0.753. The summed E-state index contributed by atoms with van der Waals surface area (Å²) in [6, 6.07) is 15.0. The molecule has 0 radical (unpaired) electrons. The van der Waals surface area contributed by atoms with Gasteiger partial charge in [-0.05, 0) is 68.4 Å². The number of piperidine rings is 1. The number of nitrogens with zero attached hydrogens (tertiary/aromatic N) is 2. The van der Waals surface area contributed by atoms with Gasteiger partial charge < -0.3 is 10.0 Å². The minimum atomic E-state index is -0.169. The van der Waals surface area contributed by atoms with Crippen molar-refractivity contribution in [3.63, 3.8) is 0 Å². The first kappa shape index (κ1) is 20.9. The van der Waals surface area contributed by atoms with Crippen LogP contribution in [0.4, 0.5) is 0 Å². The van der Waals surface area contributed by atoms with Gasteiger partial charge in [0.2, 0.25) is 0 Å². The van der Waals surface area contributed by atoms with Crippen LogP contribution in [0, 0.1) is 30.1 Å². The predicted octanol–water partition coefficient (Wildman–Crippen LogP) is 5.17. The van der Waals surface area contributed by atoms with Gasteiger partial charge in [0.25, 0.3) is 5.91 Å². The fourth-order valence-electron chi connectivity index (χ4n) is 4.90. The van der Waals surface area contributed by atoms with Gasteiger partial charge in [-0.1, -0.05) is 47.6 Å². The normalized spacial score (nSPS) is 19.0. The molecule has 4 nitrogen and oxygen atoms in total. The third-order valence-electron chi connectivity index (χ3n) is 6.60. The molecule has 0 unspecified atom stereocenters. The third kappa shape index (κ3) is 4.41. The van der Waals surface area contributed by atoms with Crippen molar-refractivity contribution >= 4 is 5.91 Å². The molecule has 1 N–H and O–H groups in total. The molecule has 0 aromatic heterocycles. The van der Waals surface area contributed by atoms with E-state index in [1.807, 2.05) is 4.90 Å². The van der Waals surface area contributed by atoms with Crippen LogP contribution >= 0.6 is 0 Å². The number of likely N-dealkylation sites (tertiary alicyclic amines) is 1. The fraction of sp³-hybridized carbons (Fsp3) is 0.333. The molecule has 31 heavy (non-hydrogen) atoms. The third-order valence-corrected chi connectivity index (χ3v) is 6.60. The van der Waals surface area contributed by atoms with E-state index in [2.05, 4.69) is 56.3 Å². The fourth-order valence-corrected chi connectivity index (χ4v) is 4.90. The van der Waals surface area contributed by atoms with Crippen LogP contribution < -0.4 is 0 Å². The second-order valence-electron chi connectivity index (χ2n) is 8.70. The molecule has 1 fully saturated rings. The summed E-state index contributed by atoms with van der Waals surface area (Å²) in [6.07, 6.45) is 7.58.